The lowest BCUT2D eigenvalue weighted by Crippen LogP contribution is -2.19. The molecule has 0 aliphatic rings. The molecule has 0 spiro atoms. The van der Waals surface area contributed by atoms with Crippen LogP contribution in [0.25, 0.3) is 0 Å². The number of hydrogen-bond acceptors (Lipinski definition) is 2. The van der Waals surface area contributed by atoms with E-state index in [0.717, 1.165) is 6.42 Å². The van der Waals surface area contributed by atoms with Crippen molar-refractivity contribution in [2.75, 3.05) is 5.32 Å². The Morgan fingerprint density at radius 3 is 2.55 bits per heavy atom. The van der Waals surface area contributed by atoms with Gasteiger partial charge in [0.05, 0.1) is 6.42 Å². The summed E-state index contributed by atoms with van der Waals surface area (Å²) in [7, 11) is 0. The second-order valence-electron chi connectivity index (χ2n) is 5.44. The second kappa shape index (κ2) is 7.68. The molecule has 0 aliphatic heterocycles. The summed E-state index contributed by atoms with van der Waals surface area (Å²) in [6.45, 7) is 6.33. The molecule has 4 heteroatoms. The van der Waals surface area contributed by atoms with Crippen molar-refractivity contribution < 1.29 is 14.7 Å². The Morgan fingerprint density at radius 2 is 2.00 bits per heavy atom. The van der Waals surface area contributed by atoms with E-state index in [2.05, 4.69) is 26.1 Å². The summed E-state index contributed by atoms with van der Waals surface area (Å²) in [5.74, 6) is -0.0429. The molecular weight excluding hydrogens is 254 g/mol. The van der Waals surface area contributed by atoms with Gasteiger partial charge in [0.15, 0.2) is 0 Å². The quantitative estimate of drug-likeness (QED) is 0.803. The Labute approximate surface area is 120 Å². The predicted molar refractivity (Wildman–Crippen MR) is 79.6 cm³/mol. The molecule has 1 aromatic rings. The van der Waals surface area contributed by atoms with Crippen LogP contribution in [0.3, 0.4) is 0 Å². The van der Waals surface area contributed by atoms with Gasteiger partial charge in [-0.1, -0.05) is 39.3 Å². The fraction of sp³-hybridized carbons (Fsp3) is 0.500. The molecule has 1 aromatic carbocycles. The number of benzene rings is 1. The maximum atomic E-state index is 12.0. The molecule has 0 saturated carbocycles. The highest BCUT2D eigenvalue weighted by atomic mass is 16.4. The molecule has 2 N–H and O–H groups in total. The van der Waals surface area contributed by atoms with Gasteiger partial charge in [-0.2, -0.15) is 0 Å². The molecule has 1 rings (SSSR count). The number of carboxylic acid groups (broad SMARTS) is 1. The Morgan fingerprint density at radius 1 is 1.30 bits per heavy atom. The Kier molecular flexibility index (Phi) is 6.22. The second-order valence-corrected chi connectivity index (χ2v) is 5.44. The fourth-order valence-electron chi connectivity index (χ4n) is 2.24. The minimum absolute atomic E-state index is 0.0157. The lowest BCUT2D eigenvalue weighted by atomic mass is 9.90. The monoisotopic (exact) mass is 277 g/mol. The number of hydrogen-bond donors (Lipinski definition) is 2. The third kappa shape index (κ3) is 5.43. The van der Waals surface area contributed by atoms with Crippen LogP contribution in [0.15, 0.2) is 24.3 Å². The third-order valence-electron chi connectivity index (χ3n) is 3.48. The molecule has 0 heterocycles. The zero-order valence-electron chi connectivity index (χ0n) is 12.3. The Hall–Kier alpha value is -1.84. The highest BCUT2D eigenvalue weighted by Crippen LogP contribution is 2.20. The van der Waals surface area contributed by atoms with Gasteiger partial charge in [-0.3, -0.25) is 9.59 Å². The molecule has 1 atom stereocenters. The number of carbonyl (C=O) groups excluding carboxylic acids is 1. The van der Waals surface area contributed by atoms with Gasteiger partial charge < -0.3 is 10.4 Å². The number of rotatable bonds is 7. The van der Waals surface area contributed by atoms with Gasteiger partial charge >= 0.3 is 5.97 Å². The molecule has 20 heavy (non-hydrogen) atoms. The summed E-state index contributed by atoms with van der Waals surface area (Å²) in [5.41, 5.74) is 1.35. The number of nitrogens with one attached hydrogen (secondary N) is 1. The van der Waals surface area contributed by atoms with Gasteiger partial charge in [0.1, 0.15) is 0 Å². The molecule has 0 bridgehead atoms. The van der Waals surface area contributed by atoms with Crippen LogP contribution in [0, 0.1) is 11.8 Å². The summed E-state index contributed by atoms with van der Waals surface area (Å²) in [4.78, 5) is 22.7. The molecular formula is C16H23NO3. The minimum Gasteiger partial charge on any atom is -0.481 e. The first-order valence-corrected chi connectivity index (χ1v) is 7.03. The normalized spacial score (nSPS) is 12.2. The SMILES string of the molecule is CCC(CC(=O)Nc1cccc(CC(=O)O)c1)C(C)C. The molecule has 1 amide bonds. The molecule has 0 aliphatic carbocycles. The van der Waals surface area contributed by atoms with Crippen molar-refractivity contribution in [3.8, 4) is 0 Å². The number of carbonyl (C=O) groups is 2. The van der Waals surface area contributed by atoms with Crippen LogP contribution in [-0.4, -0.2) is 17.0 Å². The zero-order chi connectivity index (χ0) is 15.1. The maximum Gasteiger partial charge on any atom is 0.307 e. The van der Waals surface area contributed by atoms with E-state index in [1.807, 2.05) is 0 Å². The minimum atomic E-state index is -0.876. The van der Waals surface area contributed by atoms with Crippen molar-refractivity contribution in [1.29, 1.82) is 0 Å². The van der Waals surface area contributed by atoms with Crippen LogP contribution in [0.5, 0.6) is 0 Å². The van der Waals surface area contributed by atoms with Crippen molar-refractivity contribution in [3.05, 3.63) is 29.8 Å². The first-order valence-electron chi connectivity index (χ1n) is 7.03. The Balaban J connectivity index is 2.63. The summed E-state index contributed by atoms with van der Waals surface area (Å²) in [5, 5.41) is 11.6. The van der Waals surface area contributed by atoms with Gasteiger partial charge in [0, 0.05) is 12.1 Å². The largest absolute Gasteiger partial charge is 0.481 e. The van der Waals surface area contributed by atoms with Crippen LogP contribution in [0.1, 0.15) is 39.2 Å². The highest BCUT2D eigenvalue weighted by Gasteiger charge is 2.15. The van der Waals surface area contributed by atoms with E-state index in [0.29, 0.717) is 29.5 Å². The summed E-state index contributed by atoms with van der Waals surface area (Å²) in [6, 6.07) is 6.99. The van der Waals surface area contributed by atoms with Crippen molar-refractivity contribution in [3.63, 3.8) is 0 Å². The fourth-order valence-corrected chi connectivity index (χ4v) is 2.24. The standard InChI is InChI=1S/C16H23NO3/c1-4-13(11(2)3)10-15(18)17-14-7-5-6-12(8-14)9-16(19)20/h5-8,11,13H,4,9-10H2,1-3H3,(H,17,18)(H,19,20). The summed E-state index contributed by atoms with van der Waals surface area (Å²) >= 11 is 0. The lowest BCUT2D eigenvalue weighted by molar-refractivity contribution is -0.136. The molecule has 4 nitrogen and oxygen atoms in total. The van der Waals surface area contributed by atoms with Crippen LogP contribution in [-0.2, 0) is 16.0 Å². The van der Waals surface area contributed by atoms with E-state index in [1.165, 1.54) is 0 Å². The summed E-state index contributed by atoms with van der Waals surface area (Å²) in [6.07, 6.45) is 1.44. The van der Waals surface area contributed by atoms with Gasteiger partial charge in [-0.25, -0.2) is 0 Å². The van der Waals surface area contributed by atoms with E-state index in [-0.39, 0.29) is 12.3 Å². The van der Waals surface area contributed by atoms with Crippen molar-refractivity contribution in [1.82, 2.24) is 0 Å². The van der Waals surface area contributed by atoms with Gasteiger partial charge in [0.25, 0.3) is 0 Å². The summed E-state index contributed by atoms with van der Waals surface area (Å²) < 4.78 is 0. The van der Waals surface area contributed by atoms with Crippen LogP contribution >= 0.6 is 0 Å². The van der Waals surface area contributed by atoms with Crippen LogP contribution < -0.4 is 5.32 Å². The Bertz CT molecular complexity index is 469. The average molecular weight is 277 g/mol. The lowest BCUT2D eigenvalue weighted by Gasteiger charge is -2.18. The van der Waals surface area contributed by atoms with E-state index in [4.69, 9.17) is 5.11 Å². The van der Waals surface area contributed by atoms with Crippen LogP contribution in [0.4, 0.5) is 5.69 Å². The molecule has 0 aromatic heterocycles. The van der Waals surface area contributed by atoms with Gasteiger partial charge in [0.2, 0.25) is 5.91 Å². The average Bonchev–Trinajstić information content (AvgIpc) is 2.35. The number of aliphatic carboxylic acids is 1. The van der Waals surface area contributed by atoms with Crippen molar-refractivity contribution in [2.45, 2.75) is 40.0 Å². The van der Waals surface area contributed by atoms with Gasteiger partial charge in [-0.05, 0) is 29.5 Å². The van der Waals surface area contributed by atoms with E-state index in [1.54, 1.807) is 24.3 Å². The van der Waals surface area contributed by atoms with E-state index >= 15 is 0 Å². The van der Waals surface area contributed by atoms with Gasteiger partial charge in [-0.15, -0.1) is 0 Å². The first kappa shape index (κ1) is 16.2. The van der Waals surface area contributed by atoms with E-state index < -0.39 is 5.97 Å². The predicted octanol–water partition coefficient (Wildman–Crippen LogP) is 3.32. The zero-order valence-corrected chi connectivity index (χ0v) is 12.3. The third-order valence-corrected chi connectivity index (χ3v) is 3.48. The number of carboxylic acids is 1. The maximum absolute atomic E-state index is 12.0. The molecule has 0 fully saturated rings. The van der Waals surface area contributed by atoms with E-state index in [9.17, 15) is 9.59 Å². The topological polar surface area (TPSA) is 66.4 Å². The number of anilines is 1. The van der Waals surface area contributed by atoms with Crippen molar-refractivity contribution >= 4 is 17.6 Å². The number of amides is 1. The molecule has 0 saturated heterocycles. The first-order chi connectivity index (χ1) is 9.42. The molecule has 0 radical (unpaired) electrons. The van der Waals surface area contributed by atoms with Crippen molar-refractivity contribution in [2.24, 2.45) is 11.8 Å². The highest BCUT2D eigenvalue weighted by molar-refractivity contribution is 5.91. The molecule has 1 unspecified atom stereocenters. The molecule has 110 valence electrons. The van der Waals surface area contributed by atoms with Crippen LogP contribution in [0.2, 0.25) is 0 Å². The smallest absolute Gasteiger partial charge is 0.307 e.